The number of para-hydroxylation sites is 2. The lowest BCUT2D eigenvalue weighted by atomic mass is 9.83. The van der Waals surface area contributed by atoms with Crippen LogP contribution in [0.5, 0.6) is 0 Å². The molecule has 10 heteroatoms. The van der Waals surface area contributed by atoms with Gasteiger partial charge in [-0.15, -0.1) is 0 Å². The van der Waals surface area contributed by atoms with Gasteiger partial charge in [0.2, 0.25) is 5.95 Å². The van der Waals surface area contributed by atoms with Crippen molar-refractivity contribution in [3.05, 3.63) is 35.9 Å². The second-order valence-electron chi connectivity index (χ2n) is 10.6. The molecule has 0 amide bonds. The molecule has 1 aromatic carbocycles. The van der Waals surface area contributed by atoms with Gasteiger partial charge in [-0.1, -0.05) is 19.1 Å². The number of nitrogens with one attached hydrogen (secondary N) is 1. The molecule has 10 nitrogen and oxygen atoms in total. The lowest BCUT2D eigenvalue weighted by molar-refractivity contribution is -0.0138. The number of imidazole rings is 2. The van der Waals surface area contributed by atoms with E-state index in [1.165, 1.54) is 0 Å². The normalized spacial score (nSPS) is 20.7. The van der Waals surface area contributed by atoms with E-state index in [4.69, 9.17) is 26.0 Å². The molecule has 0 spiro atoms. The molecule has 0 saturated carbocycles. The third-order valence-electron chi connectivity index (χ3n) is 7.67. The minimum absolute atomic E-state index is 0.311. The first-order valence-corrected chi connectivity index (χ1v) is 13.3. The number of aromatic nitrogens is 6. The van der Waals surface area contributed by atoms with E-state index in [-0.39, 0.29) is 0 Å². The number of aryl methyl sites for hydroxylation is 1. The summed E-state index contributed by atoms with van der Waals surface area (Å²) >= 11 is 0. The Hall–Kier alpha value is -3.08. The number of nitrogens with zero attached hydrogens (tertiary/aromatic N) is 7. The van der Waals surface area contributed by atoms with Crippen molar-refractivity contribution in [1.82, 2.24) is 34.4 Å². The molecule has 2 aliphatic rings. The highest BCUT2D eigenvalue weighted by molar-refractivity contribution is 5.85. The Balaban J connectivity index is 1.39. The number of aliphatic hydroxyl groups is 1. The van der Waals surface area contributed by atoms with Gasteiger partial charge in [0.25, 0.3) is 0 Å². The number of fused-ring (bicyclic) bond motifs is 2. The van der Waals surface area contributed by atoms with Crippen molar-refractivity contribution in [2.45, 2.75) is 52.2 Å². The summed E-state index contributed by atoms with van der Waals surface area (Å²) in [6.45, 7) is 9.33. The molecule has 2 saturated heterocycles. The van der Waals surface area contributed by atoms with Gasteiger partial charge in [0.15, 0.2) is 11.5 Å². The molecule has 3 aromatic heterocycles. The molecule has 2 aliphatic heterocycles. The van der Waals surface area contributed by atoms with E-state index in [1.54, 1.807) is 0 Å². The first-order chi connectivity index (χ1) is 18.3. The zero-order chi connectivity index (χ0) is 26.4. The fourth-order valence-electron chi connectivity index (χ4n) is 5.54. The topological polar surface area (TPSA) is 108 Å². The second kappa shape index (κ2) is 9.66. The minimum atomic E-state index is -0.644. The molecule has 0 bridgehead atoms. The van der Waals surface area contributed by atoms with E-state index in [2.05, 4.69) is 21.7 Å². The average Bonchev–Trinajstić information content (AvgIpc) is 3.48. The van der Waals surface area contributed by atoms with Crippen molar-refractivity contribution in [2.24, 2.45) is 5.92 Å². The van der Waals surface area contributed by atoms with E-state index < -0.39 is 12.2 Å². The molecule has 6 rings (SSSR count). The summed E-state index contributed by atoms with van der Waals surface area (Å²) in [6, 6.07) is 8.03. The van der Waals surface area contributed by atoms with Crippen LogP contribution in [0.15, 0.2) is 24.3 Å². The number of piperidine rings is 1. The van der Waals surface area contributed by atoms with Crippen molar-refractivity contribution >= 4 is 28.0 Å². The number of aromatic amines is 1. The Labute approximate surface area is 218 Å². The molecule has 1 unspecified atom stereocenters. The summed E-state index contributed by atoms with van der Waals surface area (Å²) in [5, 5.41) is 10.4. The van der Waals surface area contributed by atoms with Gasteiger partial charge in [0.05, 0.1) is 37.7 Å². The predicted molar refractivity (Wildman–Crippen MR) is 143 cm³/mol. The first-order valence-electron chi connectivity index (χ1n) is 13.8. The number of anilines is 1. The zero-order valence-corrected chi connectivity index (χ0v) is 21.8. The number of hydrogen-bond acceptors (Lipinski definition) is 8. The number of H-pyrrole nitrogens is 1. The Kier molecular flexibility index (Phi) is 6.02. The standard InChI is InChI=1S/C27H36N8O2/c1-4-22-28-19-7-5-6-8-20(19)35(22)26-31-24-23(25(32-26)34-13-15-37-16-14-34)29-21(30-24)17-33-11-9-18(10-12-33)27(2,3)36/h5-8,18,36H,4,9-17H2,1-3H3,(H,29,30,31,32)/i15D. The third kappa shape index (κ3) is 4.69. The Morgan fingerprint density at radius 3 is 2.68 bits per heavy atom. The van der Waals surface area contributed by atoms with E-state index in [1.807, 2.05) is 42.7 Å². The van der Waals surface area contributed by atoms with Gasteiger partial charge in [-0.3, -0.25) is 9.47 Å². The fraction of sp³-hybridized carbons (Fsp3) is 0.556. The molecule has 1 atom stereocenters. The van der Waals surface area contributed by atoms with Crippen LogP contribution in [-0.2, 0) is 17.7 Å². The lowest BCUT2D eigenvalue weighted by Crippen LogP contribution is -2.41. The largest absolute Gasteiger partial charge is 0.390 e. The molecule has 2 fully saturated rings. The Bertz CT molecular complexity index is 1440. The van der Waals surface area contributed by atoms with Gasteiger partial charge >= 0.3 is 0 Å². The third-order valence-corrected chi connectivity index (χ3v) is 7.67. The quantitative estimate of drug-likeness (QED) is 0.412. The summed E-state index contributed by atoms with van der Waals surface area (Å²) in [4.78, 5) is 27.7. The molecular weight excluding hydrogens is 468 g/mol. The number of morpholine rings is 1. The van der Waals surface area contributed by atoms with Crippen LogP contribution < -0.4 is 4.90 Å². The molecular formula is C27H36N8O2. The lowest BCUT2D eigenvalue weighted by Gasteiger charge is -2.37. The van der Waals surface area contributed by atoms with Crippen molar-refractivity contribution in [1.29, 1.82) is 0 Å². The van der Waals surface area contributed by atoms with Crippen LogP contribution in [-0.4, -0.2) is 84.5 Å². The number of benzene rings is 1. The van der Waals surface area contributed by atoms with Crippen LogP contribution in [0.2, 0.25) is 0 Å². The molecule has 4 aromatic rings. The number of rotatable bonds is 6. The summed E-state index contributed by atoms with van der Waals surface area (Å²) in [5.74, 6) is 3.32. The van der Waals surface area contributed by atoms with Crippen LogP contribution in [0.25, 0.3) is 28.1 Å². The summed E-state index contributed by atoms with van der Waals surface area (Å²) < 4.78 is 15.7. The first kappa shape index (κ1) is 23.1. The van der Waals surface area contributed by atoms with E-state index in [0.717, 1.165) is 66.4 Å². The van der Waals surface area contributed by atoms with Gasteiger partial charge in [0, 0.05) is 19.5 Å². The molecule has 37 heavy (non-hydrogen) atoms. The molecule has 2 N–H and O–H groups in total. The maximum atomic E-state index is 10.4. The second-order valence-corrected chi connectivity index (χ2v) is 10.6. The van der Waals surface area contributed by atoms with E-state index in [0.29, 0.717) is 43.8 Å². The highest BCUT2D eigenvalue weighted by Crippen LogP contribution is 2.30. The average molecular weight is 506 g/mol. The van der Waals surface area contributed by atoms with Crippen molar-refractivity contribution in [3.8, 4) is 5.95 Å². The van der Waals surface area contributed by atoms with Gasteiger partial charge in [-0.05, 0) is 57.8 Å². The van der Waals surface area contributed by atoms with Gasteiger partial charge in [0.1, 0.15) is 17.2 Å². The highest BCUT2D eigenvalue weighted by atomic mass is 16.5. The van der Waals surface area contributed by atoms with Crippen molar-refractivity contribution in [3.63, 3.8) is 0 Å². The summed E-state index contributed by atoms with van der Waals surface area (Å²) in [5.41, 5.74) is 2.62. The van der Waals surface area contributed by atoms with E-state index in [9.17, 15) is 5.11 Å². The van der Waals surface area contributed by atoms with Crippen LogP contribution in [0.3, 0.4) is 0 Å². The van der Waals surface area contributed by atoms with Gasteiger partial charge in [-0.25, -0.2) is 9.97 Å². The Morgan fingerprint density at radius 2 is 1.92 bits per heavy atom. The highest BCUT2D eigenvalue weighted by Gasteiger charge is 2.31. The van der Waals surface area contributed by atoms with Crippen molar-refractivity contribution < 1.29 is 11.2 Å². The van der Waals surface area contributed by atoms with Gasteiger partial charge < -0.3 is 19.7 Å². The van der Waals surface area contributed by atoms with Gasteiger partial charge in [-0.2, -0.15) is 9.97 Å². The Morgan fingerprint density at radius 1 is 1.11 bits per heavy atom. The molecule has 196 valence electrons. The monoisotopic (exact) mass is 505 g/mol. The van der Waals surface area contributed by atoms with E-state index >= 15 is 0 Å². The number of hydrogen-bond donors (Lipinski definition) is 2. The maximum Gasteiger partial charge on any atom is 0.239 e. The van der Waals surface area contributed by atoms with Crippen LogP contribution in [0.4, 0.5) is 5.82 Å². The number of likely N-dealkylation sites (tertiary alicyclic amines) is 1. The fourth-order valence-corrected chi connectivity index (χ4v) is 5.54. The predicted octanol–water partition coefficient (Wildman–Crippen LogP) is 3.07. The van der Waals surface area contributed by atoms with Crippen LogP contribution in [0.1, 0.15) is 46.6 Å². The molecule has 0 radical (unpaired) electrons. The zero-order valence-electron chi connectivity index (χ0n) is 22.8. The molecule has 0 aliphatic carbocycles. The smallest absolute Gasteiger partial charge is 0.239 e. The SMILES string of the molecule is [2H]C1CN(c2nc(-n3c(CC)nc4ccccc43)nc3nc(CN4CCC(C(C)(C)O)CC4)[nH]c23)CCO1. The van der Waals surface area contributed by atoms with Crippen molar-refractivity contribution in [2.75, 3.05) is 44.3 Å². The summed E-state index contributed by atoms with van der Waals surface area (Å²) in [6.07, 6.45) is 2.67. The number of ether oxygens (including phenoxy) is 1. The maximum absolute atomic E-state index is 10.4. The summed E-state index contributed by atoms with van der Waals surface area (Å²) in [7, 11) is 0. The van der Waals surface area contributed by atoms with Crippen LogP contribution in [0, 0.1) is 5.92 Å². The van der Waals surface area contributed by atoms with Crippen LogP contribution >= 0.6 is 0 Å². The minimum Gasteiger partial charge on any atom is -0.390 e. The molecule has 5 heterocycles.